The maximum atomic E-state index is 12.3. The number of nitrogens with two attached hydrogens (primary N) is 1. The second kappa shape index (κ2) is 20.6. The first-order valence-corrected chi connectivity index (χ1v) is 12.5. The van der Waals surface area contributed by atoms with Crippen LogP contribution in [0.5, 0.6) is 0 Å². The summed E-state index contributed by atoms with van der Waals surface area (Å²) in [5.74, 6) is -1.45. The van der Waals surface area contributed by atoms with Crippen LogP contribution >= 0.6 is 0 Å². The molecule has 192 valence electrons. The summed E-state index contributed by atoms with van der Waals surface area (Å²) < 4.78 is 0. The molecule has 2 amide bonds. The average molecular weight is 472 g/mol. The number of primary amides is 1. The standard InChI is InChI=1S/C24H45N3O6/c1-2-19(21(29)17-27-20(18-28)24(25)33)13-11-12-16-26-22(30)14-9-7-5-3-4-6-8-10-15-23(31)32/h19-20,27-28H,2-18H2,1H3,(H2,25,33)(H,26,30)(H,31,32)/t19-,20+/m1/s1. The number of carbonyl (C=O) groups excluding carboxylic acids is 3. The molecule has 9 heteroatoms. The van der Waals surface area contributed by atoms with Gasteiger partial charge in [0.1, 0.15) is 11.8 Å². The van der Waals surface area contributed by atoms with Gasteiger partial charge in [0.2, 0.25) is 11.8 Å². The monoisotopic (exact) mass is 471 g/mol. The maximum absolute atomic E-state index is 12.3. The number of aliphatic hydroxyl groups excluding tert-OH is 1. The molecule has 0 aliphatic carbocycles. The fraction of sp³-hybridized carbons (Fsp3) is 0.833. The van der Waals surface area contributed by atoms with Gasteiger partial charge < -0.3 is 21.3 Å². The van der Waals surface area contributed by atoms with Crippen LogP contribution < -0.4 is 16.4 Å². The van der Waals surface area contributed by atoms with Crippen molar-refractivity contribution < 1.29 is 29.4 Å². The molecule has 0 aromatic carbocycles. The second-order valence-electron chi connectivity index (χ2n) is 8.66. The van der Waals surface area contributed by atoms with Gasteiger partial charge in [-0.1, -0.05) is 51.9 Å². The summed E-state index contributed by atoms with van der Waals surface area (Å²) in [6.07, 6.45) is 11.9. The van der Waals surface area contributed by atoms with Crippen molar-refractivity contribution in [3.8, 4) is 0 Å². The highest BCUT2D eigenvalue weighted by atomic mass is 16.4. The largest absolute Gasteiger partial charge is 0.481 e. The summed E-state index contributed by atoms with van der Waals surface area (Å²) in [6, 6.07) is -0.905. The second-order valence-corrected chi connectivity index (χ2v) is 8.66. The molecule has 0 spiro atoms. The van der Waals surface area contributed by atoms with E-state index in [0.29, 0.717) is 19.4 Å². The van der Waals surface area contributed by atoms with E-state index in [9.17, 15) is 19.2 Å². The number of aliphatic carboxylic acids is 1. The van der Waals surface area contributed by atoms with Crippen molar-refractivity contribution in [2.75, 3.05) is 19.7 Å². The van der Waals surface area contributed by atoms with E-state index in [1.807, 2.05) is 6.92 Å². The number of carboxylic acids is 1. The third kappa shape index (κ3) is 18.1. The number of carboxylic acid groups (broad SMARTS) is 1. The van der Waals surface area contributed by atoms with Crippen LogP contribution in [0, 0.1) is 5.92 Å². The SMILES string of the molecule is CC[C@H](CCCCNC(=O)CCCCCCCCCCC(=O)O)C(=O)CN[C@@H](CO)C(N)=O. The number of rotatable bonds is 23. The molecule has 0 saturated carbocycles. The van der Waals surface area contributed by atoms with E-state index in [0.717, 1.165) is 70.6 Å². The van der Waals surface area contributed by atoms with E-state index >= 15 is 0 Å². The van der Waals surface area contributed by atoms with Crippen LogP contribution in [0.2, 0.25) is 0 Å². The van der Waals surface area contributed by atoms with Gasteiger partial charge in [0.25, 0.3) is 0 Å². The Hall–Kier alpha value is -2.00. The Labute approximate surface area is 198 Å². The lowest BCUT2D eigenvalue weighted by atomic mass is 9.94. The van der Waals surface area contributed by atoms with E-state index in [1.54, 1.807) is 0 Å². The van der Waals surface area contributed by atoms with Crippen LogP contribution in [0.15, 0.2) is 0 Å². The van der Waals surface area contributed by atoms with Crippen LogP contribution in [0.3, 0.4) is 0 Å². The first-order chi connectivity index (χ1) is 15.8. The molecule has 0 fully saturated rings. The molecule has 9 nitrogen and oxygen atoms in total. The number of nitrogens with one attached hydrogen (secondary N) is 2. The Bertz CT molecular complexity index is 570. The fourth-order valence-corrected chi connectivity index (χ4v) is 3.67. The van der Waals surface area contributed by atoms with Gasteiger partial charge in [0.05, 0.1) is 13.2 Å². The highest BCUT2D eigenvalue weighted by molar-refractivity contribution is 5.85. The summed E-state index contributed by atoms with van der Waals surface area (Å²) >= 11 is 0. The summed E-state index contributed by atoms with van der Waals surface area (Å²) in [4.78, 5) is 45.7. The summed E-state index contributed by atoms with van der Waals surface area (Å²) in [6.45, 7) is 2.12. The minimum atomic E-state index is -0.905. The highest BCUT2D eigenvalue weighted by Crippen LogP contribution is 2.14. The number of unbranched alkanes of at least 4 members (excludes halogenated alkanes) is 8. The van der Waals surface area contributed by atoms with Gasteiger partial charge in [0.15, 0.2) is 0 Å². The van der Waals surface area contributed by atoms with Crippen LogP contribution in [-0.2, 0) is 19.2 Å². The Morgan fingerprint density at radius 1 is 0.848 bits per heavy atom. The topological polar surface area (TPSA) is 159 Å². The minimum Gasteiger partial charge on any atom is -0.481 e. The maximum Gasteiger partial charge on any atom is 0.303 e. The van der Waals surface area contributed by atoms with Gasteiger partial charge in [-0.15, -0.1) is 0 Å². The number of aliphatic hydroxyl groups is 1. The predicted octanol–water partition coefficient (Wildman–Crippen LogP) is 2.29. The highest BCUT2D eigenvalue weighted by Gasteiger charge is 2.19. The predicted molar refractivity (Wildman–Crippen MR) is 128 cm³/mol. The molecule has 0 aromatic heterocycles. The minimum absolute atomic E-state index is 0.00139. The van der Waals surface area contributed by atoms with Crippen molar-refractivity contribution >= 4 is 23.6 Å². The molecule has 0 heterocycles. The molecule has 6 N–H and O–H groups in total. The van der Waals surface area contributed by atoms with Crippen molar-refractivity contribution in [2.24, 2.45) is 11.7 Å². The number of ketones is 1. The molecule has 0 aromatic rings. The molecule has 0 bridgehead atoms. The molecular formula is C24H45N3O6. The van der Waals surface area contributed by atoms with E-state index in [2.05, 4.69) is 10.6 Å². The number of amides is 2. The quantitative estimate of drug-likeness (QED) is 0.143. The molecule has 0 aliphatic heterocycles. The Morgan fingerprint density at radius 2 is 1.42 bits per heavy atom. The van der Waals surface area contributed by atoms with Crippen molar-refractivity contribution in [2.45, 2.75) is 103 Å². The van der Waals surface area contributed by atoms with Crippen molar-refractivity contribution in [1.82, 2.24) is 10.6 Å². The fourth-order valence-electron chi connectivity index (χ4n) is 3.67. The lowest BCUT2D eigenvalue weighted by Crippen LogP contribution is -2.46. The number of carbonyl (C=O) groups is 4. The molecule has 0 saturated heterocycles. The Balaban J connectivity index is 3.68. The first kappa shape index (κ1) is 31.0. The van der Waals surface area contributed by atoms with Crippen LogP contribution in [-0.4, -0.2) is 59.5 Å². The zero-order valence-electron chi connectivity index (χ0n) is 20.3. The van der Waals surface area contributed by atoms with Gasteiger partial charge >= 0.3 is 5.97 Å². The zero-order chi connectivity index (χ0) is 24.9. The van der Waals surface area contributed by atoms with Crippen molar-refractivity contribution in [3.05, 3.63) is 0 Å². The molecule has 0 rings (SSSR count). The van der Waals surface area contributed by atoms with Crippen molar-refractivity contribution in [1.29, 1.82) is 0 Å². The normalized spacial score (nSPS) is 12.8. The van der Waals surface area contributed by atoms with Crippen LogP contribution in [0.1, 0.15) is 96.8 Å². The lowest BCUT2D eigenvalue weighted by Gasteiger charge is -2.17. The molecule has 2 atom stereocenters. The molecule has 33 heavy (non-hydrogen) atoms. The molecular weight excluding hydrogens is 426 g/mol. The Morgan fingerprint density at radius 3 is 1.94 bits per heavy atom. The van der Waals surface area contributed by atoms with Gasteiger partial charge in [-0.2, -0.15) is 0 Å². The summed E-state index contributed by atoms with van der Waals surface area (Å²) in [5.41, 5.74) is 5.14. The smallest absolute Gasteiger partial charge is 0.303 e. The first-order valence-electron chi connectivity index (χ1n) is 12.5. The summed E-state index contributed by atoms with van der Waals surface area (Å²) in [5, 5.41) is 23.3. The van der Waals surface area contributed by atoms with Crippen LogP contribution in [0.4, 0.5) is 0 Å². The van der Waals surface area contributed by atoms with Gasteiger partial charge in [-0.05, 0) is 32.1 Å². The van der Waals surface area contributed by atoms with E-state index in [1.165, 1.54) is 0 Å². The lowest BCUT2D eigenvalue weighted by molar-refractivity contribution is -0.137. The molecule has 0 unspecified atom stereocenters. The molecule has 0 radical (unpaired) electrons. The van der Waals surface area contributed by atoms with Gasteiger partial charge in [-0.25, -0.2) is 0 Å². The summed E-state index contributed by atoms with van der Waals surface area (Å²) in [7, 11) is 0. The number of Topliss-reactive ketones (excluding diaryl/α,β-unsaturated/α-hetero) is 1. The van der Waals surface area contributed by atoms with E-state index in [-0.39, 0.29) is 30.6 Å². The van der Waals surface area contributed by atoms with Crippen LogP contribution in [0.25, 0.3) is 0 Å². The van der Waals surface area contributed by atoms with Gasteiger partial charge in [-0.3, -0.25) is 24.5 Å². The van der Waals surface area contributed by atoms with E-state index < -0.39 is 24.5 Å². The molecule has 0 aliphatic rings. The zero-order valence-corrected chi connectivity index (χ0v) is 20.3. The number of hydrogen-bond donors (Lipinski definition) is 5. The third-order valence-electron chi connectivity index (χ3n) is 5.84. The van der Waals surface area contributed by atoms with Crippen molar-refractivity contribution in [3.63, 3.8) is 0 Å². The Kier molecular flexibility index (Phi) is 19.3. The number of hydrogen-bond acceptors (Lipinski definition) is 6. The van der Waals surface area contributed by atoms with Gasteiger partial charge in [0, 0.05) is 25.3 Å². The third-order valence-corrected chi connectivity index (χ3v) is 5.84. The van der Waals surface area contributed by atoms with E-state index in [4.69, 9.17) is 15.9 Å². The average Bonchev–Trinajstić information content (AvgIpc) is 2.77.